The Balaban J connectivity index is 3.94. The Kier molecular flexibility index (Phi) is 5.72. The lowest BCUT2D eigenvalue weighted by Gasteiger charge is -2.16. The average Bonchev–Trinajstić information content (AvgIpc) is 2.01. The number of carbonyl (C=O) groups is 1. The first kappa shape index (κ1) is 11.4. The fourth-order valence-corrected chi connectivity index (χ4v) is 1.12. The molecule has 0 aromatic carbocycles. The van der Waals surface area contributed by atoms with Crippen LogP contribution in [0.25, 0.3) is 0 Å². The molecular weight excluding hydrogens is 154 g/mol. The van der Waals surface area contributed by atoms with Crippen LogP contribution in [0.4, 0.5) is 0 Å². The number of hydrogen-bond donors (Lipinski definition) is 1. The molecule has 1 atom stereocenters. The molecule has 0 heterocycles. The van der Waals surface area contributed by atoms with Crippen molar-refractivity contribution in [1.29, 1.82) is 0 Å². The number of ether oxygens (including phenoxy) is 1. The van der Waals surface area contributed by atoms with Gasteiger partial charge in [-0.15, -0.1) is 0 Å². The molecule has 0 aromatic heterocycles. The Morgan fingerprint density at radius 1 is 1.50 bits per heavy atom. The van der Waals surface area contributed by atoms with E-state index in [1.807, 2.05) is 6.92 Å². The highest BCUT2D eigenvalue weighted by Gasteiger charge is 2.18. The maximum absolute atomic E-state index is 11.2. The summed E-state index contributed by atoms with van der Waals surface area (Å²) in [7, 11) is 1.42. The van der Waals surface area contributed by atoms with Gasteiger partial charge in [0.25, 0.3) is 0 Å². The summed E-state index contributed by atoms with van der Waals surface area (Å²) < 4.78 is 4.66. The summed E-state index contributed by atoms with van der Waals surface area (Å²) in [4.78, 5) is 11.2. The van der Waals surface area contributed by atoms with Gasteiger partial charge in [0.2, 0.25) is 0 Å². The van der Waals surface area contributed by atoms with Gasteiger partial charge in [-0.3, -0.25) is 4.79 Å². The number of carbonyl (C=O) groups excluding carboxylic acids is 1. The Morgan fingerprint density at radius 3 is 2.42 bits per heavy atom. The van der Waals surface area contributed by atoms with Gasteiger partial charge in [-0.05, 0) is 18.9 Å². The van der Waals surface area contributed by atoms with Gasteiger partial charge in [-0.2, -0.15) is 0 Å². The predicted molar refractivity (Wildman–Crippen MR) is 48.9 cm³/mol. The maximum atomic E-state index is 11.2. The van der Waals surface area contributed by atoms with Crippen molar-refractivity contribution in [3.63, 3.8) is 0 Å². The Bertz CT molecular complexity index is 134. The van der Waals surface area contributed by atoms with Gasteiger partial charge in [0.05, 0.1) is 7.11 Å². The number of likely N-dealkylation sites (N-methyl/N-ethyl adjacent to an activating group) is 1. The zero-order valence-corrected chi connectivity index (χ0v) is 8.39. The van der Waals surface area contributed by atoms with E-state index in [-0.39, 0.29) is 12.0 Å². The summed E-state index contributed by atoms with van der Waals surface area (Å²) in [6.45, 7) is 6.96. The number of hydrogen-bond acceptors (Lipinski definition) is 3. The lowest BCUT2D eigenvalue weighted by Crippen LogP contribution is -2.38. The first-order valence-corrected chi connectivity index (χ1v) is 4.43. The Labute approximate surface area is 74.5 Å². The van der Waals surface area contributed by atoms with Crippen molar-refractivity contribution in [3.8, 4) is 0 Å². The lowest BCUT2D eigenvalue weighted by molar-refractivity contribution is -0.143. The van der Waals surface area contributed by atoms with Crippen LogP contribution in [-0.4, -0.2) is 25.7 Å². The highest BCUT2D eigenvalue weighted by atomic mass is 16.5. The van der Waals surface area contributed by atoms with Crippen LogP contribution in [0.1, 0.15) is 27.2 Å². The summed E-state index contributed by atoms with van der Waals surface area (Å²) in [5.41, 5.74) is 0. The first-order valence-electron chi connectivity index (χ1n) is 4.43. The van der Waals surface area contributed by atoms with Crippen LogP contribution in [0.3, 0.4) is 0 Å². The summed E-state index contributed by atoms with van der Waals surface area (Å²) in [6, 6.07) is -0.139. The molecule has 0 saturated carbocycles. The van der Waals surface area contributed by atoms with Crippen LogP contribution < -0.4 is 5.32 Å². The van der Waals surface area contributed by atoms with E-state index in [1.165, 1.54) is 7.11 Å². The standard InChI is InChI=1S/C9H19NO2/c1-5-10-8(6-7(2)3)9(11)12-4/h7-8,10H,5-6H2,1-4H3/t8-/m0/s1. The zero-order valence-electron chi connectivity index (χ0n) is 8.39. The normalized spacial score (nSPS) is 13.1. The third-order valence-electron chi connectivity index (χ3n) is 1.64. The molecule has 3 nitrogen and oxygen atoms in total. The number of esters is 1. The van der Waals surface area contributed by atoms with Crippen molar-refractivity contribution in [2.45, 2.75) is 33.2 Å². The Morgan fingerprint density at radius 2 is 2.08 bits per heavy atom. The van der Waals surface area contributed by atoms with E-state index in [0.29, 0.717) is 5.92 Å². The molecule has 1 N–H and O–H groups in total. The molecular formula is C9H19NO2. The van der Waals surface area contributed by atoms with E-state index in [0.717, 1.165) is 13.0 Å². The van der Waals surface area contributed by atoms with E-state index >= 15 is 0 Å². The second-order valence-electron chi connectivity index (χ2n) is 3.26. The van der Waals surface area contributed by atoms with Crippen molar-refractivity contribution < 1.29 is 9.53 Å². The molecule has 0 aliphatic heterocycles. The molecule has 72 valence electrons. The van der Waals surface area contributed by atoms with E-state index in [9.17, 15) is 4.79 Å². The summed E-state index contributed by atoms with van der Waals surface area (Å²) >= 11 is 0. The van der Waals surface area contributed by atoms with Crippen molar-refractivity contribution in [3.05, 3.63) is 0 Å². The molecule has 3 heteroatoms. The number of methoxy groups -OCH3 is 1. The SMILES string of the molecule is CCN[C@@H](CC(C)C)C(=O)OC. The van der Waals surface area contributed by atoms with Crippen LogP contribution in [0.2, 0.25) is 0 Å². The van der Waals surface area contributed by atoms with E-state index in [2.05, 4.69) is 23.9 Å². The van der Waals surface area contributed by atoms with E-state index in [4.69, 9.17) is 0 Å². The van der Waals surface area contributed by atoms with Crippen LogP contribution in [0.5, 0.6) is 0 Å². The monoisotopic (exact) mass is 173 g/mol. The smallest absolute Gasteiger partial charge is 0.322 e. The lowest BCUT2D eigenvalue weighted by atomic mass is 10.0. The molecule has 0 saturated heterocycles. The fraction of sp³-hybridized carbons (Fsp3) is 0.889. The van der Waals surface area contributed by atoms with Crippen LogP contribution >= 0.6 is 0 Å². The molecule has 0 bridgehead atoms. The van der Waals surface area contributed by atoms with E-state index < -0.39 is 0 Å². The van der Waals surface area contributed by atoms with Crippen LogP contribution in [-0.2, 0) is 9.53 Å². The fourth-order valence-electron chi connectivity index (χ4n) is 1.12. The molecule has 12 heavy (non-hydrogen) atoms. The van der Waals surface area contributed by atoms with Gasteiger partial charge >= 0.3 is 5.97 Å². The molecule has 0 aromatic rings. The number of nitrogens with one attached hydrogen (secondary N) is 1. The molecule has 0 unspecified atom stereocenters. The minimum atomic E-state index is -0.162. The van der Waals surface area contributed by atoms with Gasteiger partial charge < -0.3 is 10.1 Å². The highest BCUT2D eigenvalue weighted by molar-refractivity contribution is 5.75. The van der Waals surface area contributed by atoms with Gasteiger partial charge in [0, 0.05) is 0 Å². The molecule has 0 amide bonds. The Hall–Kier alpha value is -0.570. The van der Waals surface area contributed by atoms with Crippen molar-refractivity contribution >= 4 is 5.97 Å². The van der Waals surface area contributed by atoms with Crippen LogP contribution in [0, 0.1) is 5.92 Å². The molecule has 0 fully saturated rings. The molecule has 0 aliphatic rings. The largest absolute Gasteiger partial charge is 0.468 e. The summed E-state index contributed by atoms with van der Waals surface area (Å²) in [5.74, 6) is 0.346. The van der Waals surface area contributed by atoms with Crippen LogP contribution in [0.15, 0.2) is 0 Å². The highest BCUT2D eigenvalue weighted by Crippen LogP contribution is 2.05. The second-order valence-corrected chi connectivity index (χ2v) is 3.26. The first-order chi connectivity index (χ1) is 5.61. The van der Waals surface area contributed by atoms with Gasteiger partial charge in [-0.1, -0.05) is 20.8 Å². The maximum Gasteiger partial charge on any atom is 0.322 e. The third-order valence-corrected chi connectivity index (χ3v) is 1.64. The summed E-state index contributed by atoms with van der Waals surface area (Å²) in [6.07, 6.45) is 0.834. The minimum absolute atomic E-state index is 0.139. The third kappa shape index (κ3) is 4.34. The van der Waals surface area contributed by atoms with Crippen molar-refractivity contribution in [2.75, 3.05) is 13.7 Å². The minimum Gasteiger partial charge on any atom is -0.468 e. The van der Waals surface area contributed by atoms with Gasteiger partial charge in [0.1, 0.15) is 6.04 Å². The topological polar surface area (TPSA) is 38.3 Å². The van der Waals surface area contributed by atoms with E-state index in [1.54, 1.807) is 0 Å². The zero-order chi connectivity index (χ0) is 9.56. The van der Waals surface area contributed by atoms with Crippen molar-refractivity contribution in [2.24, 2.45) is 5.92 Å². The number of rotatable bonds is 5. The molecule has 0 aliphatic carbocycles. The molecule has 0 radical (unpaired) electrons. The predicted octanol–water partition coefficient (Wildman–Crippen LogP) is 1.18. The van der Waals surface area contributed by atoms with Gasteiger partial charge in [0.15, 0.2) is 0 Å². The second kappa shape index (κ2) is 6.00. The quantitative estimate of drug-likeness (QED) is 0.634. The summed E-state index contributed by atoms with van der Waals surface area (Å²) in [5, 5.41) is 3.09. The molecule has 0 rings (SSSR count). The molecule has 0 spiro atoms. The average molecular weight is 173 g/mol. The van der Waals surface area contributed by atoms with Gasteiger partial charge in [-0.25, -0.2) is 0 Å². The van der Waals surface area contributed by atoms with Crippen molar-refractivity contribution in [1.82, 2.24) is 5.32 Å².